The third kappa shape index (κ3) is 7.21. The number of unbranched alkanes of at least 4 members (excludes halogenated alkanes) is 2. The van der Waals surface area contributed by atoms with Crippen LogP contribution in [0.2, 0.25) is 0 Å². The molecule has 0 N–H and O–H groups in total. The Morgan fingerprint density at radius 2 is 2.22 bits per heavy atom. The number of rotatable bonds is 4. The molecule has 0 aromatic heterocycles. The van der Waals surface area contributed by atoms with Crippen LogP contribution in [-0.4, -0.2) is 18.0 Å². The summed E-state index contributed by atoms with van der Waals surface area (Å²) in [4.78, 5) is 0. The van der Waals surface area contributed by atoms with Crippen LogP contribution in [0, 0.1) is 5.21 Å². The highest BCUT2D eigenvalue weighted by Crippen LogP contribution is 1.91. The summed E-state index contributed by atoms with van der Waals surface area (Å²) in [5.41, 5.74) is 0. The second kappa shape index (κ2) is 5.35. The highest BCUT2D eigenvalue weighted by Gasteiger charge is 1.82. The van der Waals surface area contributed by atoms with E-state index in [9.17, 15) is 5.21 Å². The molecule has 2 heteroatoms. The second-order valence-corrected chi connectivity index (χ2v) is 1.95. The van der Waals surface area contributed by atoms with Crippen molar-refractivity contribution < 1.29 is 4.74 Å². The molecule has 0 rings (SSSR count). The fourth-order valence-corrected chi connectivity index (χ4v) is 0.535. The third-order valence-corrected chi connectivity index (χ3v) is 0.999. The molecule has 0 fully saturated rings. The Hall–Kier alpha value is -0.790. The zero-order valence-electron chi connectivity index (χ0n) is 5.84. The molecule has 0 aliphatic carbocycles. The maximum absolute atomic E-state index is 10.2. The van der Waals surface area contributed by atoms with E-state index in [0.29, 0.717) is 0 Å². The van der Waals surface area contributed by atoms with E-state index in [1.54, 1.807) is 6.21 Å². The fraction of sp³-hybridized carbons (Fsp3) is 0.571. The number of nitrogens with zero attached hydrogens (tertiary/aromatic N) is 1. The minimum atomic E-state index is 0.836. The molecule has 0 heterocycles. The molecule has 0 aliphatic rings. The van der Waals surface area contributed by atoms with Crippen LogP contribution in [0.3, 0.4) is 0 Å². The van der Waals surface area contributed by atoms with Crippen LogP contribution < -0.4 is 0 Å². The van der Waals surface area contributed by atoms with Gasteiger partial charge in [0.2, 0.25) is 0 Å². The maximum atomic E-state index is 10.2. The van der Waals surface area contributed by atoms with Gasteiger partial charge < -0.3 is 5.21 Å². The van der Waals surface area contributed by atoms with Crippen molar-refractivity contribution in [2.24, 2.45) is 0 Å². The molecule has 0 aromatic carbocycles. The molecule has 0 radical (unpaired) electrons. The zero-order chi connectivity index (χ0) is 7.11. The van der Waals surface area contributed by atoms with E-state index in [1.165, 1.54) is 7.05 Å². The molecule has 0 aromatic rings. The van der Waals surface area contributed by atoms with Gasteiger partial charge in [0, 0.05) is 6.42 Å². The number of hydroxylamine groups is 1. The van der Waals surface area contributed by atoms with Crippen LogP contribution in [-0.2, 0) is 0 Å². The summed E-state index contributed by atoms with van der Waals surface area (Å²) in [6, 6.07) is 0. The Kier molecular flexibility index (Phi) is 4.88. The van der Waals surface area contributed by atoms with Crippen LogP contribution in [0.25, 0.3) is 0 Å². The van der Waals surface area contributed by atoms with Gasteiger partial charge in [-0.1, -0.05) is 6.08 Å². The Morgan fingerprint density at radius 1 is 1.56 bits per heavy atom. The first kappa shape index (κ1) is 8.21. The average molecular weight is 127 g/mol. The molecule has 0 atom stereocenters. The molecule has 0 spiro atoms. The van der Waals surface area contributed by atoms with Crippen molar-refractivity contribution in [3.8, 4) is 0 Å². The van der Waals surface area contributed by atoms with E-state index in [0.717, 1.165) is 24.0 Å². The van der Waals surface area contributed by atoms with E-state index in [2.05, 4.69) is 6.58 Å². The molecule has 0 saturated carbocycles. The molecule has 0 saturated heterocycles. The lowest BCUT2D eigenvalue weighted by molar-refractivity contribution is -0.418. The van der Waals surface area contributed by atoms with Crippen LogP contribution in [0.4, 0.5) is 0 Å². The minimum absolute atomic E-state index is 0.836. The molecule has 2 nitrogen and oxygen atoms in total. The second-order valence-electron chi connectivity index (χ2n) is 1.95. The Labute approximate surface area is 56.1 Å². The summed E-state index contributed by atoms with van der Waals surface area (Å²) < 4.78 is 0.836. The summed E-state index contributed by atoms with van der Waals surface area (Å²) in [5.74, 6) is 0. The lowest BCUT2D eigenvalue weighted by atomic mass is 10.2. The molecule has 0 unspecified atom stereocenters. The van der Waals surface area contributed by atoms with Gasteiger partial charge in [0.1, 0.15) is 7.05 Å². The van der Waals surface area contributed by atoms with E-state index in [4.69, 9.17) is 0 Å². The topological polar surface area (TPSA) is 26.1 Å². The highest BCUT2D eigenvalue weighted by molar-refractivity contribution is 5.50. The van der Waals surface area contributed by atoms with Crippen molar-refractivity contribution in [3.63, 3.8) is 0 Å². The van der Waals surface area contributed by atoms with Crippen molar-refractivity contribution in [2.45, 2.75) is 19.3 Å². The molecular weight excluding hydrogens is 114 g/mol. The standard InChI is InChI=1S/C7H13NO/c1-3-4-5-6-7-8(2)9/h3,7H,1,4-6H2,2H3/b8-7+. The fourth-order valence-electron chi connectivity index (χ4n) is 0.535. The number of allylic oxidation sites excluding steroid dienone is 1. The van der Waals surface area contributed by atoms with E-state index >= 15 is 0 Å². The average Bonchev–Trinajstić information content (AvgIpc) is 1.80. The lowest BCUT2D eigenvalue weighted by Gasteiger charge is -1.92. The van der Waals surface area contributed by atoms with Crippen LogP contribution >= 0.6 is 0 Å². The van der Waals surface area contributed by atoms with E-state index in [-0.39, 0.29) is 0 Å². The predicted octanol–water partition coefficient (Wildman–Crippen LogP) is 1.55. The van der Waals surface area contributed by atoms with Crippen LogP contribution in [0.1, 0.15) is 19.3 Å². The van der Waals surface area contributed by atoms with Gasteiger partial charge in [-0.25, -0.2) is 4.74 Å². The number of hydrogen-bond donors (Lipinski definition) is 0. The van der Waals surface area contributed by atoms with Crippen molar-refractivity contribution in [2.75, 3.05) is 7.05 Å². The molecular formula is C7H13NO. The summed E-state index contributed by atoms with van der Waals surface area (Å²) in [5, 5.41) is 10.2. The predicted molar refractivity (Wildman–Crippen MR) is 39.7 cm³/mol. The van der Waals surface area contributed by atoms with Gasteiger partial charge >= 0.3 is 0 Å². The first-order valence-corrected chi connectivity index (χ1v) is 3.11. The van der Waals surface area contributed by atoms with Gasteiger partial charge in [-0.2, -0.15) is 0 Å². The normalized spacial score (nSPS) is 11.4. The van der Waals surface area contributed by atoms with Crippen LogP contribution in [0.15, 0.2) is 12.7 Å². The maximum Gasteiger partial charge on any atom is 0.150 e. The quantitative estimate of drug-likeness (QED) is 0.140. The number of hydrogen-bond acceptors (Lipinski definition) is 1. The van der Waals surface area contributed by atoms with Gasteiger partial charge in [-0.05, 0) is 12.8 Å². The largest absolute Gasteiger partial charge is 0.624 e. The Morgan fingerprint density at radius 3 is 2.67 bits per heavy atom. The highest BCUT2D eigenvalue weighted by atomic mass is 16.5. The monoisotopic (exact) mass is 127 g/mol. The summed E-state index contributed by atoms with van der Waals surface area (Å²) >= 11 is 0. The van der Waals surface area contributed by atoms with Crippen molar-refractivity contribution in [1.29, 1.82) is 0 Å². The lowest BCUT2D eigenvalue weighted by Crippen LogP contribution is -1.94. The van der Waals surface area contributed by atoms with Crippen molar-refractivity contribution in [3.05, 3.63) is 17.9 Å². The van der Waals surface area contributed by atoms with Gasteiger partial charge in [-0.3, -0.25) is 0 Å². The SMILES string of the molecule is C=CCCC/C=[N+](\C)[O-]. The van der Waals surface area contributed by atoms with E-state index < -0.39 is 0 Å². The Balaban J connectivity index is 3.09. The minimum Gasteiger partial charge on any atom is -0.624 e. The first-order chi connectivity index (χ1) is 4.27. The van der Waals surface area contributed by atoms with Gasteiger partial charge in [0.05, 0.1) is 0 Å². The third-order valence-electron chi connectivity index (χ3n) is 0.999. The summed E-state index contributed by atoms with van der Waals surface area (Å²) in [6.07, 6.45) is 6.36. The molecule has 0 amide bonds. The van der Waals surface area contributed by atoms with Crippen LogP contribution in [0.5, 0.6) is 0 Å². The zero-order valence-corrected chi connectivity index (χ0v) is 5.84. The van der Waals surface area contributed by atoms with Crippen molar-refractivity contribution in [1.82, 2.24) is 0 Å². The van der Waals surface area contributed by atoms with Crippen molar-refractivity contribution >= 4 is 6.21 Å². The smallest absolute Gasteiger partial charge is 0.150 e. The van der Waals surface area contributed by atoms with E-state index in [1.807, 2.05) is 6.08 Å². The Bertz CT molecular complexity index is 103. The molecule has 52 valence electrons. The van der Waals surface area contributed by atoms with Gasteiger partial charge in [0.15, 0.2) is 6.21 Å². The first-order valence-electron chi connectivity index (χ1n) is 3.11. The van der Waals surface area contributed by atoms with Gasteiger partial charge in [-0.15, -0.1) is 6.58 Å². The summed E-state index contributed by atoms with van der Waals surface area (Å²) in [6.45, 7) is 3.57. The van der Waals surface area contributed by atoms with Gasteiger partial charge in [0.25, 0.3) is 0 Å². The summed E-state index contributed by atoms with van der Waals surface area (Å²) in [7, 11) is 1.49. The molecule has 0 bridgehead atoms. The molecule has 9 heavy (non-hydrogen) atoms. The molecule has 0 aliphatic heterocycles.